The molecule has 0 unspecified atom stereocenters. The van der Waals surface area contributed by atoms with Gasteiger partial charge in [-0.15, -0.1) is 0 Å². The monoisotopic (exact) mass is 264 g/mol. The Balaban J connectivity index is 2.01. The molecule has 3 nitrogen and oxygen atoms in total. The van der Waals surface area contributed by atoms with Crippen molar-refractivity contribution in [3.63, 3.8) is 0 Å². The standard InChI is InChI=1S/C17H16N2O/c1-11-4-3-5-16-18-17-14-8-7-13(20-2)10-12(14)6-9-15(17)19(11)16/h3-5,7-8,10H,6,9H2,1-2H3. The highest BCUT2D eigenvalue weighted by atomic mass is 16.5. The van der Waals surface area contributed by atoms with Gasteiger partial charge in [0.15, 0.2) is 0 Å². The van der Waals surface area contributed by atoms with Crippen LogP contribution in [0.3, 0.4) is 0 Å². The van der Waals surface area contributed by atoms with Crippen LogP contribution in [0.5, 0.6) is 5.75 Å². The lowest BCUT2D eigenvalue weighted by molar-refractivity contribution is 0.414. The maximum atomic E-state index is 5.32. The van der Waals surface area contributed by atoms with Gasteiger partial charge in [-0.2, -0.15) is 0 Å². The third-order valence-electron chi connectivity index (χ3n) is 4.13. The zero-order valence-electron chi connectivity index (χ0n) is 11.7. The van der Waals surface area contributed by atoms with Crippen molar-refractivity contribution in [2.75, 3.05) is 7.11 Å². The van der Waals surface area contributed by atoms with E-state index in [0.29, 0.717) is 0 Å². The molecule has 3 heteroatoms. The summed E-state index contributed by atoms with van der Waals surface area (Å²) in [5, 5.41) is 0. The molecule has 2 heterocycles. The summed E-state index contributed by atoms with van der Waals surface area (Å²) in [6.45, 7) is 2.14. The second-order valence-corrected chi connectivity index (χ2v) is 5.29. The van der Waals surface area contributed by atoms with Gasteiger partial charge in [0.2, 0.25) is 0 Å². The second-order valence-electron chi connectivity index (χ2n) is 5.29. The Kier molecular flexibility index (Phi) is 2.36. The minimum Gasteiger partial charge on any atom is -0.497 e. The van der Waals surface area contributed by atoms with Crippen LogP contribution in [0.2, 0.25) is 0 Å². The van der Waals surface area contributed by atoms with E-state index >= 15 is 0 Å². The van der Waals surface area contributed by atoms with Gasteiger partial charge in [-0.05, 0) is 55.7 Å². The van der Waals surface area contributed by atoms with Gasteiger partial charge in [0.05, 0.1) is 18.5 Å². The lowest BCUT2D eigenvalue weighted by Gasteiger charge is -2.17. The van der Waals surface area contributed by atoms with Gasteiger partial charge in [0, 0.05) is 11.3 Å². The maximum absolute atomic E-state index is 5.32. The number of fused-ring (bicyclic) bond motifs is 5. The van der Waals surface area contributed by atoms with Gasteiger partial charge in [-0.3, -0.25) is 0 Å². The molecule has 4 rings (SSSR count). The molecule has 0 radical (unpaired) electrons. The molecule has 1 aliphatic rings. The molecule has 0 amide bonds. The van der Waals surface area contributed by atoms with Crippen molar-refractivity contribution in [2.45, 2.75) is 19.8 Å². The first-order valence-electron chi connectivity index (χ1n) is 6.92. The largest absolute Gasteiger partial charge is 0.497 e. The predicted octanol–water partition coefficient (Wildman–Crippen LogP) is 3.42. The van der Waals surface area contributed by atoms with Crippen molar-refractivity contribution in [3.8, 4) is 17.0 Å². The molecule has 0 bridgehead atoms. The van der Waals surface area contributed by atoms with Crippen molar-refractivity contribution >= 4 is 5.65 Å². The van der Waals surface area contributed by atoms with E-state index in [-0.39, 0.29) is 0 Å². The quantitative estimate of drug-likeness (QED) is 0.673. The number of ether oxygens (including phenoxy) is 1. The molecule has 1 aliphatic carbocycles. The Bertz CT molecular complexity index is 817. The van der Waals surface area contributed by atoms with Crippen molar-refractivity contribution < 1.29 is 4.74 Å². The molecule has 0 atom stereocenters. The molecule has 20 heavy (non-hydrogen) atoms. The summed E-state index contributed by atoms with van der Waals surface area (Å²) in [4.78, 5) is 4.83. The van der Waals surface area contributed by atoms with Gasteiger partial charge < -0.3 is 9.14 Å². The molecule has 3 aromatic rings. The van der Waals surface area contributed by atoms with Gasteiger partial charge in [-0.1, -0.05) is 6.07 Å². The van der Waals surface area contributed by atoms with Crippen LogP contribution in [0.4, 0.5) is 0 Å². The molecule has 0 N–H and O–H groups in total. The maximum Gasteiger partial charge on any atom is 0.137 e. The molecular weight excluding hydrogens is 248 g/mol. The molecular formula is C17H16N2O. The summed E-state index contributed by atoms with van der Waals surface area (Å²) in [6, 6.07) is 12.6. The van der Waals surface area contributed by atoms with Crippen molar-refractivity contribution in [2.24, 2.45) is 0 Å². The van der Waals surface area contributed by atoms with Crippen LogP contribution < -0.4 is 4.74 Å². The van der Waals surface area contributed by atoms with Gasteiger partial charge in [0.25, 0.3) is 0 Å². The lowest BCUT2D eigenvalue weighted by atomic mass is 9.92. The number of methoxy groups -OCH3 is 1. The van der Waals surface area contributed by atoms with Crippen LogP contribution in [0, 0.1) is 6.92 Å². The van der Waals surface area contributed by atoms with E-state index in [2.05, 4.69) is 41.7 Å². The average Bonchev–Trinajstić information content (AvgIpc) is 2.86. The molecule has 2 aromatic heterocycles. The SMILES string of the molecule is COc1ccc2c(c1)CCc1c-2nc2cccc(C)n12. The first-order chi connectivity index (χ1) is 9.78. The number of benzene rings is 1. The molecule has 100 valence electrons. The Morgan fingerprint density at radius 2 is 2.05 bits per heavy atom. The van der Waals surface area contributed by atoms with E-state index in [9.17, 15) is 0 Å². The second kappa shape index (κ2) is 4.10. The minimum absolute atomic E-state index is 0.923. The van der Waals surface area contributed by atoms with Crippen LogP contribution in [0.15, 0.2) is 36.4 Å². The Labute approximate surface area is 117 Å². The summed E-state index contributed by atoms with van der Waals surface area (Å²) in [6.07, 6.45) is 2.07. The summed E-state index contributed by atoms with van der Waals surface area (Å²) in [7, 11) is 1.71. The summed E-state index contributed by atoms with van der Waals surface area (Å²) in [5.41, 5.74) is 7.32. The van der Waals surface area contributed by atoms with Gasteiger partial charge >= 0.3 is 0 Å². The number of aromatic nitrogens is 2. The van der Waals surface area contributed by atoms with Crippen molar-refractivity contribution in [1.29, 1.82) is 0 Å². The van der Waals surface area contributed by atoms with Crippen LogP contribution in [0.25, 0.3) is 16.9 Å². The number of rotatable bonds is 1. The highest BCUT2D eigenvalue weighted by Gasteiger charge is 2.22. The van der Waals surface area contributed by atoms with E-state index in [1.54, 1.807) is 7.11 Å². The number of hydrogen-bond acceptors (Lipinski definition) is 2. The van der Waals surface area contributed by atoms with E-state index < -0.39 is 0 Å². The van der Waals surface area contributed by atoms with E-state index in [1.165, 1.54) is 22.5 Å². The predicted molar refractivity (Wildman–Crippen MR) is 79.3 cm³/mol. The van der Waals surface area contributed by atoms with Crippen LogP contribution in [-0.2, 0) is 12.8 Å². The molecule has 0 saturated carbocycles. The first-order valence-corrected chi connectivity index (χ1v) is 6.92. The highest BCUT2D eigenvalue weighted by Crippen LogP contribution is 2.35. The molecule has 0 spiro atoms. The van der Waals surface area contributed by atoms with Crippen LogP contribution >= 0.6 is 0 Å². The lowest BCUT2D eigenvalue weighted by Crippen LogP contribution is -2.06. The Hall–Kier alpha value is -2.29. The van der Waals surface area contributed by atoms with Crippen LogP contribution in [0.1, 0.15) is 17.0 Å². The summed E-state index contributed by atoms with van der Waals surface area (Å²) in [5.74, 6) is 0.923. The van der Waals surface area contributed by atoms with Crippen molar-refractivity contribution in [3.05, 3.63) is 53.3 Å². The van der Waals surface area contributed by atoms with E-state index in [0.717, 1.165) is 29.9 Å². The fourth-order valence-electron chi connectivity index (χ4n) is 3.16. The van der Waals surface area contributed by atoms with Gasteiger partial charge in [-0.25, -0.2) is 4.98 Å². The first kappa shape index (κ1) is 11.5. The minimum atomic E-state index is 0.923. The number of hydrogen-bond donors (Lipinski definition) is 0. The molecule has 0 aliphatic heterocycles. The van der Waals surface area contributed by atoms with E-state index in [4.69, 9.17) is 9.72 Å². The molecule has 0 saturated heterocycles. The third-order valence-corrected chi connectivity index (χ3v) is 4.13. The highest BCUT2D eigenvalue weighted by molar-refractivity contribution is 5.73. The van der Waals surface area contributed by atoms with E-state index in [1.807, 2.05) is 6.07 Å². The fraction of sp³-hybridized carbons (Fsp3) is 0.235. The molecule has 1 aromatic carbocycles. The van der Waals surface area contributed by atoms with Crippen LogP contribution in [-0.4, -0.2) is 16.5 Å². The Morgan fingerprint density at radius 1 is 1.15 bits per heavy atom. The zero-order valence-corrected chi connectivity index (χ0v) is 11.7. The topological polar surface area (TPSA) is 26.5 Å². The normalized spacial score (nSPS) is 13.1. The molecule has 0 fully saturated rings. The van der Waals surface area contributed by atoms with Crippen molar-refractivity contribution in [1.82, 2.24) is 9.38 Å². The number of aryl methyl sites for hydroxylation is 3. The summed E-state index contributed by atoms with van der Waals surface area (Å²) < 4.78 is 7.60. The average molecular weight is 264 g/mol. The van der Waals surface area contributed by atoms with Gasteiger partial charge in [0.1, 0.15) is 11.4 Å². The number of imidazole rings is 1. The number of pyridine rings is 1. The third kappa shape index (κ3) is 1.49. The zero-order chi connectivity index (χ0) is 13.7. The summed E-state index contributed by atoms with van der Waals surface area (Å²) >= 11 is 0. The number of nitrogens with zero attached hydrogens (tertiary/aromatic N) is 2. The smallest absolute Gasteiger partial charge is 0.137 e. The fourth-order valence-corrected chi connectivity index (χ4v) is 3.16. The Morgan fingerprint density at radius 3 is 2.90 bits per heavy atom.